The molecule has 1 aromatic carbocycles. The normalized spacial score (nSPS) is 32.2. The fourth-order valence-electron chi connectivity index (χ4n) is 4.94. The van der Waals surface area contributed by atoms with Crippen molar-refractivity contribution < 1.29 is 37.7 Å². The van der Waals surface area contributed by atoms with Gasteiger partial charge in [-0.05, 0) is 45.4 Å². The van der Waals surface area contributed by atoms with E-state index >= 15 is 0 Å². The molecule has 0 unspecified atom stereocenters. The zero-order valence-corrected chi connectivity index (χ0v) is 20.0. The molecule has 3 aliphatic heterocycles. The summed E-state index contributed by atoms with van der Waals surface area (Å²) in [7, 11) is 0. The number of hydroxylamine groups is 2. The predicted molar refractivity (Wildman–Crippen MR) is 118 cm³/mol. The number of hydrogen-bond acceptors (Lipinski definition) is 9. The molecule has 0 saturated carbocycles. The molecular weight excluding hydrogens is 442 g/mol. The monoisotopic (exact) mass is 473 g/mol. The standard InChI is InChI=1S/C25H31NO8/c1-15(27)34-26(14-16-10-7-6-8-11-16)18(17-12-9-13-28-17)19-20-21(31-24(2,3)30-20)22-23(29-19)33-25(4,5)32-22/h6-13,18-23H,14H2,1-5H3/t18-,19+,20-,21-,22+,23+/m0/s1. The first-order chi connectivity index (χ1) is 16.1. The second-order valence-electron chi connectivity index (χ2n) is 9.74. The van der Waals surface area contributed by atoms with Crippen LogP contribution in [0.5, 0.6) is 0 Å². The highest BCUT2D eigenvalue weighted by Gasteiger charge is 2.63. The van der Waals surface area contributed by atoms with Gasteiger partial charge in [0.25, 0.3) is 0 Å². The molecule has 0 radical (unpaired) electrons. The Morgan fingerprint density at radius 2 is 1.62 bits per heavy atom. The molecular formula is C25H31NO8. The van der Waals surface area contributed by atoms with Crippen molar-refractivity contribution in [2.45, 2.75) is 89.5 Å². The van der Waals surface area contributed by atoms with E-state index < -0.39 is 54.3 Å². The second-order valence-corrected chi connectivity index (χ2v) is 9.74. The Morgan fingerprint density at radius 1 is 0.941 bits per heavy atom. The summed E-state index contributed by atoms with van der Waals surface area (Å²) in [5.74, 6) is -1.60. The highest BCUT2D eigenvalue weighted by atomic mass is 16.9. The molecule has 6 atom stereocenters. The van der Waals surface area contributed by atoms with Crippen molar-refractivity contribution in [1.82, 2.24) is 5.06 Å². The summed E-state index contributed by atoms with van der Waals surface area (Å²) in [6.07, 6.45) is -1.21. The Bertz CT molecular complexity index is 992. The molecule has 1 aromatic heterocycles. The maximum Gasteiger partial charge on any atom is 0.322 e. The van der Waals surface area contributed by atoms with Gasteiger partial charge in [-0.3, -0.25) is 4.79 Å². The molecule has 9 nitrogen and oxygen atoms in total. The van der Waals surface area contributed by atoms with Crippen LogP contribution in [0.4, 0.5) is 0 Å². The quantitative estimate of drug-likeness (QED) is 0.583. The minimum atomic E-state index is -0.860. The second kappa shape index (κ2) is 8.75. The Balaban J connectivity index is 1.54. The first-order valence-electron chi connectivity index (χ1n) is 11.5. The van der Waals surface area contributed by atoms with E-state index in [1.165, 1.54) is 6.92 Å². The van der Waals surface area contributed by atoms with Gasteiger partial charge in [0, 0.05) is 6.92 Å². The van der Waals surface area contributed by atoms with Crippen LogP contribution in [-0.2, 0) is 39.9 Å². The summed E-state index contributed by atoms with van der Waals surface area (Å²) >= 11 is 0. The Labute approximate surface area is 198 Å². The SMILES string of the molecule is CC(=O)ON(Cc1ccccc1)[C@@H](c1ccco1)[C@H]1O[C@@H]2OC(C)(C)O[C@@H]2[C@H]2OC(C)(C)O[C@H]21. The molecule has 9 heteroatoms. The van der Waals surface area contributed by atoms with Crippen LogP contribution < -0.4 is 0 Å². The predicted octanol–water partition coefficient (Wildman–Crippen LogP) is 3.70. The van der Waals surface area contributed by atoms with Crippen LogP contribution >= 0.6 is 0 Å². The van der Waals surface area contributed by atoms with Crippen molar-refractivity contribution in [1.29, 1.82) is 0 Å². The minimum Gasteiger partial charge on any atom is -0.467 e. The Kier molecular flexibility index (Phi) is 6.04. The molecule has 34 heavy (non-hydrogen) atoms. The highest BCUT2D eigenvalue weighted by molar-refractivity contribution is 5.65. The molecule has 5 rings (SSSR count). The van der Waals surface area contributed by atoms with Crippen molar-refractivity contribution in [2.75, 3.05) is 0 Å². The zero-order valence-electron chi connectivity index (χ0n) is 20.0. The fourth-order valence-corrected chi connectivity index (χ4v) is 4.94. The van der Waals surface area contributed by atoms with E-state index in [-0.39, 0.29) is 0 Å². The third-order valence-corrected chi connectivity index (χ3v) is 6.07. The van der Waals surface area contributed by atoms with Gasteiger partial charge in [-0.1, -0.05) is 30.3 Å². The molecule has 0 bridgehead atoms. The van der Waals surface area contributed by atoms with Crippen LogP contribution in [0.25, 0.3) is 0 Å². The van der Waals surface area contributed by atoms with Gasteiger partial charge in [0.15, 0.2) is 17.9 Å². The number of furan rings is 1. The summed E-state index contributed by atoms with van der Waals surface area (Å²) in [6, 6.07) is 12.7. The Morgan fingerprint density at radius 3 is 2.29 bits per heavy atom. The van der Waals surface area contributed by atoms with Gasteiger partial charge in [-0.25, -0.2) is 0 Å². The molecule has 0 spiro atoms. The number of fused-ring (bicyclic) bond motifs is 3. The van der Waals surface area contributed by atoms with E-state index in [2.05, 4.69) is 0 Å². The van der Waals surface area contributed by atoms with Crippen LogP contribution in [0.15, 0.2) is 53.1 Å². The summed E-state index contributed by atoms with van der Waals surface area (Å²) in [4.78, 5) is 17.9. The molecule has 3 saturated heterocycles. The van der Waals surface area contributed by atoms with Gasteiger partial charge in [0.1, 0.15) is 36.2 Å². The lowest BCUT2D eigenvalue weighted by Crippen LogP contribution is -2.58. The van der Waals surface area contributed by atoms with Crippen molar-refractivity contribution in [2.24, 2.45) is 0 Å². The van der Waals surface area contributed by atoms with Gasteiger partial charge >= 0.3 is 5.97 Å². The molecule has 0 aliphatic carbocycles. The van der Waals surface area contributed by atoms with E-state index in [1.807, 2.05) is 64.1 Å². The molecule has 3 fully saturated rings. The third kappa shape index (κ3) is 4.64. The molecule has 4 heterocycles. The number of hydrogen-bond donors (Lipinski definition) is 0. The highest BCUT2D eigenvalue weighted by Crippen LogP contribution is 2.48. The average molecular weight is 474 g/mol. The van der Waals surface area contributed by atoms with E-state index in [9.17, 15) is 4.79 Å². The first kappa shape index (κ1) is 23.5. The summed E-state index contributed by atoms with van der Waals surface area (Å²) in [5, 5.41) is 1.58. The van der Waals surface area contributed by atoms with Gasteiger partial charge in [-0.2, -0.15) is 0 Å². The van der Waals surface area contributed by atoms with E-state index in [0.717, 1.165) is 5.56 Å². The van der Waals surface area contributed by atoms with Crippen molar-refractivity contribution >= 4 is 5.97 Å². The topological polar surface area (TPSA) is 88.8 Å². The number of carbonyl (C=O) groups is 1. The fraction of sp³-hybridized carbons (Fsp3) is 0.560. The summed E-state index contributed by atoms with van der Waals surface area (Å²) < 4.78 is 37.1. The molecule has 2 aromatic rings. The first-order valence-corrected chi connectivity index (χ1v) is 11.5. The van der Waals surface area contributed by atoms with Crippen LogP contribution in [0, 0.1) is 0 Å². The number of carbonyl (C=O) groups excluding carboxylic acids is 1. The Hall–Kier alpha value is -2.27. The van der Waals surface area contributed by atoms with Crippen LogP contribution in [0.2, 0.25) is 0 Å². The third-order valence-electron chi connectivity index (χ3n) is 6.07. The maximum absolute atomic E-state index is 12.2. The summed E-state index contributed by atoms with van der Waals surface area (Å²) in [5.41, 5.74) is 0.955. The number of rotatable bonds is 6. The number of ether oxygens (including phenoxy) is 5. The molecule has 0 amide bonds. The van der Waals surface area contributed by atoms with Gasteiger partial charge in [0.2, 0.25) is 0 Å². The van der Waals surface area contributed by atoms with E-state index in [1.54, 1.807) is 17.4 Å². The van der Waals surface area contributed by atoms with Crippen molar-refractivity contribution in [3.63, 3.8) is 0 Å². The van der Waals surface area contributed by atoms with Crippen molar-refractivity contribution in [3.05, 3.63) is 60.1 Å². The van der Waals surface area contributed by atoms with Crippen LogP contribution in [-0.4, -0.2) is 53.3 Å². The van der Waals surface area contributed by atoms with Crippen LogP contribution in [0.1, 0.15) is 52.0 Å². The molecule has 0 N–H and O–H groups in total. The van der Waals surface area contributed by atoms with Crippen LogP contribution in [0.3, 0.4) is 0 Å². The number of benzene rings is 1. The van der Waals surface area contributed by atoms with E-state index in [0.29, 0.717) is 12.3 Å². The van der Waals surface area contributed by atoms with E-state index in [4.69, 9.17) is 32.9 Å². The molecule has 3 aliphatic rings. The van der Waals surface area contributed by atoms with Gasteiger partial charge < -0.3 is 32.9 Å². The van der Waals surface area contributed by atoms with Gasteiger partial charge in [0.05, 0.1) is 12.8 Å². The average Bonchev–Trinajstić information content (AvgIpc) is 3.45. The largest absolute Gasteiger partial charge is 0.467 e. The smallest absolute Gasteiger partial charge is 0.322 e. The minimum absolute atomic E-state index is 0.310. The zero-order chi connectivity index (χ0) is 24.1. The lowest BCUT2D eigenvalue weighted by molar-refractivity contribution is -0.278. The van der Waals surface area contributed by atoms with Crippen molar-refractivity contribution in [3.8, 4) is 0 Å². The van der Waals surface area contributed by atoms with Gasteiger partial charge in [-0.15, -0.1) is 5.06 Å². The molecule has 184 valence electrons. The summed E-state index contributed by atoms with van der Waals surface area (Å²) in [6.45, 7) is 9.06. The number of nitrogens with zero attached hydrogens (tertiary/aromatic N) is 1. The lowest BCUT2D eigenvalue weighted by atomic mass is 9.92. The lowest BCUT2D eigenvalue weighted by Gasteiger charge is -2.42. The maximum atomic E-state index is 12.2.